The number of H-pyrrole nitrogens is 1. The third-order valence-corrected chi connectivity index (χ3v) is 3.05. The van der Waals surface area contributed by atoms with Crippen molar-refractivity contribution in [2.75, 3.05) is 16.8 Å². The van der Waals surface area contributed by atoms with Crippen LogP contribution in [0.2, 0.25) is 0 Å². The fraction of sp³-hybridized carbons (Fsp3) is 0.182. The summed E-state index contributed by atoms with van der Waals surface area (Å²) in [7, 11) is 0. The van der Waals surface area contributed by atoms with E-state index in [9.17, 15) is 9.18 Å². The van der Waals surface area contributed by atoms with E-state index in [0.29, 0.717) is 16.7 Å². The van der Waals surface area contributed by atoms with Gasteiger partial charge in [-0.05, 0) is 25.1 Å². The zero-order valence-electron chi connectivity index (χ0n) is 10.1. The number of nitrogen functional groups attached to an aromatic ring is 1. The first kappa shape index (κ1) is 13.3. The SMILES string of the molecule is Cc1nc(SCC(=O)Nc2cc(F)ccc2N)n[nH]1. The van der Waals surface area contributed by atoms with Gasteiger partial charge in [-0.2, -0.15) is 0 Å². The van der Waals surface area contributed by atoms with E-state index in [1.807, 2.05) is 0 Å². The average molecular weight is 281 g/mol. The summed E-state index contributed by atoms with van der Waals surface area (Å²) in [5.74, 6) is 0.0385. The summed E-state index contributed by atoms with van der Waals surface area (Å²) in [6.07, 6.45) is 0. The molecule has 6 nitrogen and oxygen atoms in total. The maximum atomic E-state index is 13.0. The van der Waals surface area contributed by atoms with E-state index in [1.54, 1.807) is 6.92 Å². The van der Waals surface area contributed by atoms with Crippen LogP contribution in [0.25, 0.3) is 0 Å². The summed E-state index contributed by atoms with van der Waals surface area (Å²) in [6, 6.07) is 3.81. The number of carbonyl (C=O) groups excluding carboxylic acids is 1. The quantitative estimate of drug-likeness (QED) is 0.584. The highest BCUT2D eigenvalue weighted by atomic mass is 32.2. The lowest BCUT2D eigenvalue weighted by molar-refractivity contribution is -0.113. The van der Waals surface area contributed by atoms with E-state index in [1.165, 1.54) is 30.0 Å². The number of anilines is 2. The van der Waals surface area contributed by atoms with Crippen LogP contribution in [0.5, 0.6) is 0 Å². The van der Waals surface area contributed by atoms with Gasteiger partial charge in [-0.25, -0.2) is 9.37 Å². The Morgan fingerprint density at radius 1 is 1.58 bits per heavy atom. The normalized spacial score (nSPS) is 10.4. The molecule has 1 aromatic heterocycles. The van der Waals surface area contributed by atoms with Crippen LogP contribution in [0.15, 0.2) is 23.4 Å². The fourth-order valence-electron chi connectivity index (χ4n) is 1.34. The van der Waals surface area contributed by atoms with Crippen molar-refractivity contribution in [1.29, 1.82) is 0 Å². The molecule has 0 saturated carbocycles. The maximum absolute atomic E-state index is 13.0. The Morgan fingerprint density at radius 3 is 3.05 bits per heavy atom. The van der Waals surface area contributed by atoms with Gasteiger partial charge >= 0.3 is 0 Å². The smallest absolute Gasteiger partial charge is 0.234 e. The molecular formula is C11H12FN5OS. The van der Waals surface area contributed by atoms with Crippen LogP contribution in [0.1, 0.15) is 5.82 Å². The molecule has 0 bridgehead atoms. The molecule has 1 aromatic carbocycles. The Bertz CT molecular complexity index is 601. The number of nitrogens with one attached hydrogen (secondary N) is 2. The standard InChI is InChI=1S/C11H12FN5OS/c1-6-14-11(17-16-6)19-5-10(18)15-9-4-7(12)2-3-8(9)13/h2-4H,5,13H2,1H3,(H,15,18)(H,14,16,17). The summed E-state index contributed by atoms with van der Waals surface area (Å²) in [6.45, 7) is 1.77. The van der Waals surface area contributed by atoms with E-state index in [0.717, 1.165) is 0 Å². The van der Waals surface area contributed by atoms with Crippen molar-refractivity contribution >= 4 is 29.0 Å². The predicted molar refractivity (Wildman–Crippen MR) is 71.3 cm³/mol. The Kier molecular flexibility index (Phi) is 4.00. The van der Waals surface area contributed by atoms with Gasteiger partial charge in [0, 0.05) is 0 Å². The molecule has 0 aliphatic rings. The molecule has 1 heterocycles. The van der Waals surface area contributed by atoms with Crippen molar-refractivity contribution < 1.29 is 9.18 Å². The van der Waals surface area contributed by atoms with Crippen molar-refractivity contribution in [3.05, 3.63) is 29.8 Å². The summed E-state index contributed by atoms with van der Waals surface area (Å²) in [4.78, 5) is 15.7. The van der Waals surface area contributed by atoms with Gasteiger partial charge < -0.3 is 11.1 Å². The molecule has 2 aromatic rings. The minimum atomic E-state index is -0.457. The van der Waals surface area contributed by atoms with E-state index in [2.05, 4.69) is 20.5 Å². The topological polar surface area (TPSA) is 96.7 Å². The maximum Gasteiger partial charge on any atom is 0.234 e. The zero-order chi connectivity index (χ0) is 13.8. The third-order valence-electron chi connectivity index (χ3n) is 2.20. The number of thioether (sulfide) groups is 1. The number of hydrogen-bond acceptors (Lipinski definition) is 5. The summed E-state index contributed by atoms with van der Waals surface area (Å²) < 4.78 is 13.0. The highest BCUT2D eigenvalue weighted by Crippen LogP contribution is 2.20. The van der Waals surface area contributed by atoms with Gasteiger partial charge in [-0.1, -0.05) is 11.8 Å². The lowest BCUT2D eigenvalue weighted by Gasteiger charge is -2.07. The van der Waals surface area contributed by atoms with Crippen LogP contribution < -0.4 is 11.1 Å². The highest BCUT2D eigenvalue weighted by Gasteiger charge is 2.09. The van der Waals surface area contributed by atoms with Gasteiger partial charge in [0.15, 0.2) is 0 Å². The van der Waals surface area contributed by atoms with Crippen LogP contribution >= 0.6 is 11.8 Å². The van der Waals surface area contributed by atoms with Crippen LogP contribution in [0, 0.1) is 12.7 Å². The van der Waals surface area contributed by atoms with Crippen LogP contribution in [-0.4, -0.2) is 26.8 Å². The first-order valence-electron chi connectivity index (χ1n) is 5.41. The Hall–Kier alpha value is -2.09. The minimum absolute atomic E-state index is 0.118. The fourth-order valence-corrected chi connectivity index (χ4v) is 1.98. The van der Waals surface area contributed by atoms with Crippen molar-refractivity contribution in [2.45, 2.75) is 12.1 Å². The van der Waals surface area contributed by atoms with Crippen molar-refractivity contribution in [3.63, 3.8) is 0 Å². The van der Waals surface area contributed by atoms with E-state index >= 15 is 0 Å². The van der Waals surface area contributed by atoms with Crippen molar-refractivity contribution in [1.82, 2.24) is 15.2 Å². The lowest BCUT2D eigenvalue weighted by atomic mass is 10.2. The van der Waals surface area contributed by atoms with Crippen molar-refractivity contribution in [2.24, 2.45) is 0 Å². The van der Waals surface area contributed by atoms with E-state index < -0.39 is 5.82 Å². The third kappa shape index (κ3) is 3.68. The van der Waals surface area contributed by atoms with Crippen LogP contribution in [-0.2, 0) is 4.79 Å². The molecule has 2 rings (SSSR count). The molecule has 0 radical (unpaired) electrons. The molecule has 0 atom stereocenters. The first-order chi connectivity index (χ1) is 9.04. The molecule has 0 aliphatic heterocycles. The minimum Gasteiger partial charge on any atom is -0.397 e. The molecule has 8 heteroatoms. The van der Waals surface area contributed by atoms with Gasteiger partial charge in [-0.15, -0.1) is 5.10 Å². The highest BCUT2D eigenvalue weighted by molar-refractivity contribution is 7.99. The molecule has 100 valence electrons. The van der Waals surface area contributed by atoms with Gasteiger partial charge in [-0.3, -0.25) is 9.89 Å². The second kappa shape index (κ2) is 5.70. The second-order valence-corrected chi connectivity index (χ2v) is 4.71. The van der Waals surface area contributed by atoms with Gasteiger partial charge in [0.1, 0.15) is 11.6 Å². The number of carbonyl (C=O) groups is 1. The molecule has 0 unspecified atom stereocenters. The molecule has 4 N–H and O–H groups in total. The Labute approximate surface area is 113 Å². The Morgan fingerprint density at radius 2 is 2.37 bits per heavy atom. The number of rotatable bonds is 4. The van der Waals surface area contributed by atoms with E-state index in [-0.39, 0.29) is 17.3 Å². The summed E-state index contributed by atoms with van der Waals surface area (Å²) in [5, 5.41) is 9.59. The molecule has 19 heavy (non-hydrogen) atoms. The van der Waals surface area contributed by atoms with Crippen LogP contribution in [0.3, 0.4) is 0 Å². The lowest BCUT2D eigenvalue weighted by Crippen LogP contribution is -2.15. The molecule has 0 fully saturated rings. The summed E-state index contributed by atoms with van der Waals surface area (Å²) in [5.41, 5.74) is 6.20. The zero-order valence-corrected chi connectivity index (χ0v) is 10.9. The van der Waals surface area contributed by atoms with Crippen LogP contribution in [0.4, 0.5) is 15.8 Å². The number of halogens is 1. The number of nitrogens with zero attached hydrogens (tertiary/aromatic N) is 2. The van der Waals surface area contributed by atoms with Gasteiger partial charge in [0.2, 0.25) is 11.1 Å². The molecule has 0 aliphatic carbocycles. The van der Waals surface area contributed by atoms with Gasteiger partial charge in [0.05, 0.1) is 17.1 Å². The number of aromatic nitrogens is 3. The molecule has 0 saturated heterocycles. The number of benzene rings is 1. The van der Waals surface area contributed by atoms with E-state index in [4.69, 9.17) is 5.73 Å². The number of aromatic amines is 1. The molecule has 1 amide bonds. The average Bonchev–Trinajstić information content (AvgIpc) is 2.77. The number of hydrogen-bond donors (Lipinski definition) is 3. The first-order valence-corrected chi connectivity index (χ1v) is 6.40. The second-order valence-electron chi connectivity index (χ2n) is 3.77. The largest absolute Gasteiger partial charge is 0.397 e. The summed E-state index contributed by atoms with van der Waals surface area (Å²) >= 11 is 1.18. The van der Waals surface area contributed by atoms with Crippen molar-refractivity contribution in [3.8, 4) is 0 Å². The monoisotopic (exact) mass is 281 g/mol. The Balaban J connectivity index is 1.92. The number of amides is 1. The molecular weight excluding hydrogens is 269 g/mol. The predicted octanol–water partition coefficient (Wildman–Crippen LogP) is 1.57. The number of nitrogens with two attached hydrogens (primary N) is 1. The molecule has 0 spiro atoms. The number of aryl methyl sites for hydroxylation is 1. The van der Waals surface area contributed by atoms with Gasteiger partial charge in [0.25, 0.3) is 0 Å².